The zero-order valence-electron chi connectivity index (χ0n) is 11.9. The fourth-order valence-corrected chi connectivity index (χ4v) is 2.27. The van der Waals surface area contributed by atoms with Gasteiger partial charge in [0, 0.05) is 24.8 Å². The van der Waals surface area contributed by atoms with Gasteiger partial charge in [-0.1, -0.05) is 19.1 Å². The number of nitrogens with one attached hydrogen (secondary N) is 1. The molecule has 0 saturated heterocycles. The topological polar surface area (TPSA) is 15.3 Å². The van der Waals surface area contributed by atoms with Crippen LogP contribution in [-0.4, -0.2) is 19.1 Å². The van der Waals surface area contributed by atoms with E-state index in [-0.39, 0.29) is 0 Å². The molecule has 1 aliphatic rings. The summed E-state index contributed by atoms with van der Waals surface area (Å²) in [7, 11) is 0. The van der Waals surface area contributed by atoms with Crippen LogP contribution in [0.3, 0.4) is 0 Å². The Hall–Kier alpha value is -1.02. The van der Waals surface area contributed by atoms with Crippen LogP contribution in [0.4, 0.5) is 5.69 Å². The van der Waals surface area contributed by atoms with Crippen LogP contribution in [0.2, 0.25) is 0 Å². The summed E-state index contributed by atoms with van der Waals surface area (Å²) in [6.45, 7) is 9.95. The summed E-state index contributed by atoms with van der Waals surface area (Å²) in [4.78, 5) is 2.54. The SMILES string of the molecule is CCNCc1ccc(N(CC2CC2)C(C)C)cc1. The molecule has 100 valence electrons. The molecule has 2 rings (SSSR count). The van der Waals surface area contributed by atoms with Gasteiger partial charge in [-0.25, -0.2) is 0 Å². The first-order valence-electron chi connectivity index (χ1n) is 7.27. The smallest absolute Gasteiger partial charge is 0.0368 e. The first-order valence-corrected chi connectivity index (χ1v) is 7.27. The van der Waals surface area contributed by atoms with Gasteiger partial charge in [-0.3, -0.25) is 0 Å². The van der Waals surface area contributed by atoms with E-state index in [0.717, 1.165) is 19.0 Å². The average Bonchev–Trinajstić information content (AvgIpc) is 3.18. The number of benzene rings is 1. The van der Waals surface area contributed by atoms with Gasteiger partial charge < -0.3 is 10.2 Å². The highest BCUT2D eigenvalue weighted by molar-refractivity contribution is 5.48. The predicted molar refractivity (Wildman–Crippen MR) is 79.0 cm³/mol. The molecular weight excluding hydrogens is 220 g/mol. The highest BCUT2D eigenvalue weighted by Gasteiger charge is 2.25. The second-order valence-electron chi connectivity index (χ2n) is 5.64. The fraction of sp³-hybridized carbons (Fsp3) is 0.625. The van der Waals surface area contributed by atoms with Crippen molar-refractivity contribution in [2.24, 2.45) is 5.92 Å². The van der Waals surface area contributed by atoms with Crippen molar-refractivity contribution < 1.29 is 0 Å². The van der Waals surface area contributed by atoms with Crippen molar-refractivity contribution in [3.8, 4) is 0 Å². The minimum Gasteiger partial charge on any atom is -0.369 e. The Labute approximate surface area is 111 Å². The molecule has 18 heavy (non-hydrogen) atoms. The van der Waals surface area contributed by atoms with E-state index in [9.17, 15) is 0 Å². The Morgan fingerprint density at radius 2 is 1.89 bits per heavy atom. The fourth-order valence-electron chi connectivity index (χ4n) is 2.27. The molecule has 0 heterocycles. The Kier molecular flexibility index (Phi) is 4.65. The van der Waals surface area contributed by atoms with Gasteiger partial charge in [0.25, 0.3) is 0 Å². The van der Waals surface area contributed by atoms with Gasteiger partial charge in [-0.05, 0) is 56.8 Å². The molecule has 0 unspecified atom stereocenters. The lowest BCUT2D eigenvalue weighted by Gasteiger charge is -2.29. The van der Waals surface area contributed by atoms with Crippen LogP contribution in [0.15, 0.2) is 24.3 Å². The van der Waals surface area contributed by atoms with Crippen molar-refractivity contribution >= 4 is 5.69 Å². The van der Waals surface area contributed by atoms with Crippen LogP contribution >= 0.6 is 0 Å². The molecule has 1 N–H and O–H groups in total. The van der Waals surface area contributed by atoms with Crippen LogP contribution in [-0.2, 0) is 6.54 Å². The molecule has 0 atom stereocenters. The Morgan fingerprint density at radius 1 is 1.22 bits per heavy atom. The number of rotatable bonds is 7. The molecule has 1 aliphatic carbocycles. The van der Waals surface area contributed by atoms with E-state index >= 15 is 0 Å². The largest absolute Gasteiger partial charge is 0.369 e. The molecule has 0 spiro atoms. The third kappa shape index (κ3) is 3.74. The number of hydrogen-bond donors (Lipinski definition) is 1. The van der Waals surface area contributed by atoms with Crippen molar-refractivity contribution in [1.82, 2.24) is 5.32 Å². The first kappa shape index (κ1) is 13.4. The molecule has 2 heteroatoms. The molecule has 2 nitrogen and oxygen atoms in total. The van der Waals surface area contributed by atoms with Crippen LogP contribution in [0.25, 0.3) is 0 Å². The zero-order chi connectivity index (χ0) is 13.0. The highest BCUT2D eigenvalue weighted by Crippen LogP contribution is 2.32. The van der Waals surface area contributed by atoms with Crippen molar-refractivity contribution in [3.63, 3.8) is 0 Å². The van der Waals surface area contributed by atoms with E-state index < -0.39 is 0 Å². The lowest BCUT2D eigenvalue weighted by atomic mass is 10.1. The molecular formula is C16H26N2. The molecule has 1 saturated carbocycles. The van der Waals surface area contributed by atoms with E-state index in [4.69, 9.17) is 0 Å². The second-order valence-corrected chi connectivity index (χ2v) is 5.64. The number of nitrogens with zero attached hydrogens (tertiary/aromatic N) is 1. The summed E-state index contributed by atoms with van der Waals surface area (Å²) in [6.07, 6.45) is 2.84. The maximum absolute atomic E-state index is 3.36. The van der Waals surface area contributed by atoms with Crippen LogP contribution in [0, 0.1) is 5.92 Å². The zero-order valence-corrected chi connectivity index (χ0v) is 11.9. The summed E-state index contributed by atoms with van der Waals surface area (Å²) >= 11 is 0. The Morgan fingerprint density at radius 3 is 2.39 bits per heavy atom. The summed E-state index contributed by atoms with van der Waals surface area (Å²) < 4.78 is 0. The van der Waals surface area contributed by atoms with Gasteiger partial charge in [0.2, 0.25) is 0 Å². The maximum atomic E-state index is 3.36. The highest BCUT2D eigenvalue weighted by atomic mass is 15.2. The lowest BCUT2D eigenvalue weighted by molar-refractivity contribution is 0.644. The van der Waals surface area contributed by atoms with E-state index in [0.29, 0.717) is 6.04 Å². The normalized spacial score (nSPS) is 15.1. The van der Waals surface area contributed by atoms with E-state index in [1.165, 1.54) is 30.6 Å². The summed E-state index contributed by atoms with van der Waals surface area (Å²) in [6, 6.07) is 9.63. The average molecular weight is 246 g/mol. The van der Waals surface area contributed by atoms with Crippen LogP contribution in [0.5, 0.6) is 0 Å². The Balaban J connectivity index is 2.00. The molecule has 1 aromatic carbocycles. The minimum absolute atomic E-state index is 0.588. The molecule has 0 radical (unpaired) electrons. The first-order chi connectivity index (χ1) is 8.70. The van der Waals surface area contributed by atoms with Gasteiger partial charge in [0.15, 0.2) is 0 Å². The molecule has 1 aromatic rings. The van der Waals surface area contributed by atoms with E-state index in [1.54, 1.807) is 0 Å². The third-order valence-electron chi connectivity index (χ3n) is 3.62. The third-order valence-corrected chi connectivity index (χ3v) is 3.62. The second kappa shape index (κ2) is 6.24. The summed E-state index contributed by atoms with van der Waals surface area (Å²) in [5.41, 5.74) is 2.74. The summed E-state index contributed by atoms with van der Waals surface area (Å²) in [5.74, 6) is 0.939. The number of hydrogen-bond acceptors (Lipinski definition) is 2. The minimum atomic E-state index is 0.588. The van der Waals surface area contributed by atoms with Crippen molar-refractivity contribution in [1.29, 1.82) is 0 Å². The van der Waals surface area contributed by atoms with Crippen LogP contribution in [0.1, 0.15) is 39.2 Å². The molecule has 0 amide bonds. The predicted octanol–water partition coefficient (Wildman–Crippen LogP) is 3.42. The standard InChI is InChI=1S/C16H26N2/c1-4-17-11-14-7-9-16(10-8-14)18(13(2)3)12-15-5-6-15/h7-10,13,15,17H,4-6,11-12H2,1-3H3. The van der Waals surface area contributed by atoms with Gasteiger partial charge in [-0.2, -0.15) is 0 Å². The Bertz CT molecular complexity index is 352. The van der Waals surface area contributed by atoms with Crippen molar-refractivity contribution in [3.05, 3.63) is 29.8 Å². The summed E-state index contributed by atoms with van der Waals surface area (Å²) in [5, 5.41) is 3.36. The molecule has 0 bridgehead atoms. The monoisotopic (exact) mass is 246 g/mol. The quantitative estimate of drug-likeness (QED) is 0.793. The maximum Gasteiger partial charge on any atom is 0.0368 e. The van der Waals surface area contributed by atoms with Crippen molar-refractivity contribution in [2.75, 3.05) is 18.0 Å². The van der Waals surface area contributed by atoms with E-state index in [2.05, 4.69) is 55.3 Å². The van der Waals surface area contributed by atoms with Gasteiger partial charge >= 0.3 is 0 Å². The number of anilines is 1. The lowest BCUT2D eigenvalue weighted by Crippen LogP contribution is -2.32. The molecule has 1 fully saturated rings. The van der Waals surface area contributed by atoms with Gasteiger partial charge in [0.05, 0.1) is 0 Å². The molecule has 0 aliphatic heterocycles. The van der Waals surface area contributed by atoms with Crippen LogP contribution < -0.4 is 10.2 Å². The molecule has 0 aromatic heterocycles. The van der Waals surface area contributed by atoms with Gasteiger partial charge in [0.1, 0.15) is 0 Å². The van der Waals surface area contributed by atoms with Crippen molar-refractivity contribution in [2.45, 2.75) is 46.2 Å². The van der Waals surface area contributed by atoms with Gasteiger partial charge in [-0.15, -0.1) is 0 Å². The van der Waals surface area contributed by atoms with E-state index in [1.807, 2.05) is 0 Å².